The first-order chi connectivity index (χ1) is 14.8. The molecule has 0 aliphatic rings. The lowest BCUT2D eigenvalue weighted by Gasteiger charge is -2.15. The number of rotatable bonds is 2. The molecule has 0 aliphatic heterocycles. The van der Waals surface area contributed by atoms with Crippen LogP contribution >= 0.6 is 15.9 Å². The van der Waals surface area contributed by atoms with Gasteiger partial charge in [-0.1, -0.05) is 94.8 Å². The Bertz CT molecular complexity index is 1490. The van der Waals surface area contributed by atoms with E-state index in [1.807, 2.05) is 0 Å². The normalized spacial score (nSPS) is 11.5. The van der Waals surface area contributed by atoms with Crippen molar-refractivity contribution in [2.24, 2.45) is 0 Å². The second-order valence-electron chi connectivity index (χ2n) is 7.55. The highest BCUT2D eigenvalue weighted by Crippen LogP contribution is 2.37. The number of fused-ring (bicyclic) bond motifs is 4. The van der Waals surface area contributed by atoms with Gasteiger partial charge in [-0.2, -0.15) is 0 Å². The second kappa shape index (κ2) is 6.86. The van der Waals surface area contributed by atoms with E-state index in [9.17, 15) is 0 Å². The Hall–Kier alpha value is -3.36. The fourth-order valence-electron chi connectivity index (χ4n) is 4.54. The quantitative estimate of drug-likeness (QED) is 0.251. The molecule has 0 aliphatic carbocycles. The SMILES string of the molecule is Brc1ccc(-c2ccc(-n3c4ccccc4c4ccccc43)c3ccccc23)cc1. The largest absolute Gasteiger partial charge is 0.309 e. The van der Waals surface area contributed by atoms with Gasteiger partial charge in [0.25, 0.3) is 0 Å². The van der Waals surface area contributed by atoms with Crippen LogP contribution in [0.5, 0.6) is 0 Å². The Morgan fingerprint density at radius 3 is 1.63 bits per heavy atom. The molecule has 1 aromatic heterocycles. The van der Waals surface area contributed by atoms with E-state index in [0.29, 0.717) is 0 Å². The zero-order valence-electron chi connectivity index (χ0n) is 16.2. The van der Waals surface area contributed by atoms with Crippen molar-refractivity contribution in [2.75, 3.05) is 0 Å². The number of para-hydroxylation sites is 2. The van der Waals surface area contributed by atoms with Crippen LogP contribution in [0.25, 0.3) is 49.4 Å². The number of hydrogen-bond donors (Lipinski definition) is 0. The van der Waals surface area contributed by atoms with Crippen molar-refractivity contribution in [3.63, 3.8) is 0 Å². The van der Waals surface area contributed by atoms with Gasteiger partial charge in [0.05, 0.1) is 16.7 Å². The molecule has 0 spiro atoms. The van der Waals surface area contributed by atoms with E-state index < -0.39 is 0 Å². The van der Waals surface area contributed by atoms with Crippen LogP contribution in [-0.2, 0) is 0 Å². The molecule has 0 fully saturated rings. The molecule has 0 bridgehead atoms. The molecule has 0 N–H and O–H groups in total. The van der Waals surface area contributed by atoms with Crippen LogP contribution in [0.1, 0.15) is 0 Å². The third-order valence-corrected chi connectivity index (χ3v) is 6.41. The molecular formula is C28H18BrN. The Morgan fingerprint density at radius 1 is 0.467 bits per heavy atom. The van der Waals surface area contributed by atoms with E-state index in [-0.39, 0.29) is 0 Å². The van der Waals surface area contributed by atoms with Gasteiger partial charge in [-0.15, -0.1) is 0 Å². The van der Waals surface area contributed by atoms with Crippen LogP contribution in [-0.4, -0.2) is 4.57 Å². The molecule has 0 amide bonds. The molecule has 0 atom stereocenters. The summed E-state index contributed by atoms with van der Waals surface area (Å²) in [6, 6.07) is 39.1. The summed E-state index contributed by atoms with van der Waals surface area (Å²) < 4.78 is 3.50. The molecule has 142 valence electrons. The van der Waals surface area contributed by atoms with Crippen LogP contribution in [0.2, 0.25) is 0 Å². The van der Waals surface area contributed by atoms with E-state index in [1.54, 1.807) is 0 Å². The van der Waals surface area contributed by atoms with E-state index in [0.717, 1.165) is 4.47 Å². The molecule has 0 saturated heterocycles. The molecule has 2 heteroatoms. The molecule has 30 heavy (non-hydrogen) atoms. The summed E-state index contributed by atoms with van der Waals surface area (Å²) in [5.41, 5.74) is 6.16. The van der Waals surface area contributed by atoms with E-state index >= 15 is 0 Å². The molecule has 0 saturated carbocycles. The van der Waals surface area contributed by atoms with Gasteiger partial charge in [0.15, 0.2) is 0 Å². The van der Waals surface area contributed by atoms with Crippen molar-refractivity contribution in [2.45, 2.75) is 0 Å². The van der Waals surface area contributed by atoms with Crippen LogP contribution in [0, 0.1) is 0 Å². The molecular weight excluding hydrogens is 430 g/mol. The number of nitrogens with zero attached hydrogens (tertiary/aromatic N) is 1. The van der Waals surface area contributed by atoms with E-state index in [2.05, 4.69) is 130 Å². The summed E-state index contributed by atoms with van der Waals surface area (Å²) in [5, 5.41) is 5.09. The molecule has 1 heterocycles. The van der Waals surface area contributed by atoms with Gasteiger partial charge in [-0.05, 0) is 46.8 Å². The molecule has 0 unspecified atom stereocenters. The summed E-state index contributed by atoms with van der Waals surface area (Å²) in [5.74, 6) is 0. The fraction of sp³-hybridized carbons (Fsp3) is 0. The fourth-order valence-corrected chi connectivity index (χ4v) is 4.81. The van der Waals surface area contributed by atoms with Crippen molar-refractivity contribution in [1.82, 2.24) is 4.57 Å². The van der Waals surface area contributed by atoms with Gasteiger partial charge in [0, 0.05) is 20.6 Å². The standard InChI is InChI=1S/C28H18BrN/c29-20-15-13-19(14-16-20)21-17-18-28(23-8-2-1-7-22(21)23)30-26-11-5-3-9-24(26)25-10-4-6-12-27(25)30/h1-18H. The maximum Gasteiger partial charge on any atom is 0.0541 e. The Labute approximate surface area is 183 Å². The Balaban J connectivity index is 1.71. The van der Waals surface area contributed by atoms with E-state index in [4.69, 9.17) is 0 Å². The summed E-state index contributed by atoms with van der Waals surface area (Å²) in [6.07, 6.45) is 0. The van der Waals surface area contributed by atoms with Crippen molar-refractivity contribution in [1.29, 1.82) is 0 Å². The van der Waals surface area contributed by atoms with Crippen LogP contribution in [0.15, 0.2) is 114 Å². The highest BCUT2D eigenvalue weighted by molar-refractivity contribution is 9.10. The minimum atomic E-state index is 1.09. The lowest BCUT2D eigenvalue weighted by molar-refractivity contribution is 1.20. The first-order valence-electron chi connectivity index (χ1n) is 10.1. The third kappa shape index (κ3) is 2.61. The maximum atomic E-state index is 3.55. The highest BCUT2D eigenvalue weighted by atomic mass is 79.9. The first-order valence-corrected chi connectivity index (χ1v) is 10.9. The van der Waals surface area contributed by atoms with Gasteiger partial charge >= 0.3 is 0 Å². The minimum Gasteiger partial charge on any atom is -0.309 e. The van der Waals surface area contributed by atoms with E-state index in [1.165, 1.54) is 49.4 Å². The molecule has 0 radical (unpaired) electrons. The van der Waals surface area contributed by atoms with Crippen molar-refractivity contribution in [3.8, 4) is 16.8 Å². The Kier molecular flexibility index (Phi) is 4.00. The average Bonchev–Trinajstić information content (AvgIpc) is 3.13. The lowest BCUT2D eigenvalue weighted by atomic mass is 9.97. The smallest absolute Gasteiger partial charge is 0.0541 e. The number of aromatic nitrogens is 1. The van der Waals surface area contributed by atoms with Crippen molar-refractivity contribution >= 4 is 48.5 Å². The predicted molar refractivity (Wildman–Crippen MR) is 131 cm³/mol. The number of halogens is 1. The number of benzene rings is 5. The molecule has 1 nitrogen and oxygen atoms in total. The molecule has 6 aromatic rings. The number of hydrogen-bond acceptors (Lipinski definition) is 0. The average molecular weight is 448 g/mol. The first kappa shape index (κ1) is 17.5. The van der Waals surface area contributed by atoms with Gasteiger partial charge in [0.1, 0.15) is 0 Å². The third-order valence-electron chi connectivity index (χ3n) is 5.88. The second-order valence-corrected chi connectivity index (χ2v) is 8.47. The highest BCUT2D eigenvalue weighted by Gasteiger charge is 2.15. The monoisotopic (exact) mass is 447 g/mol. The maximum absolute atomic E-state index is 3.55. The van der Waals surface area contributed by atoms with Crippen LogP contribution in [0.3, 0.4) is 0 Å². The van der Waals surface area contributed by atoms with Crippen molar-refractivity contribution < 1.29 is 0 Å². The van der Waals surface area contributed by atoms with Crippen LogP contribution < -0.4 is 0 Å². The predicted octanol–water partition coefficient (Wildman–Crippen LogP) is 8.37. The van der Waals surface area contributed by atoms with Gasteiger partial charge < -0.3 is 4.57 Å². The Morgan fingerprint density at radius 2 is 1.00 bits per heavy atom. The molecule has 5 aromatic carbocycles. The summed E-state index contributed by atoms with van der Waals surface area (Å²) in [6.45, 7) is 0. The topological polar surface area (TPSA) is 4.93 Å². The minimum absolute atomic E-state index is 1.09. The summed E-state index contributed by atoms with van der Waals surface area (Å²) in [4.78, 5) is 0. The van der Waals surface area contributed by atoms with Gasteiger partial charge in [-0.3, -0.25) is 0 Å². The summed E-state index contributed by atoms with van der Waals surface area (Å²) >= 11 is 3.55. The molecule has 6 rings (SSSR count). The zero-order valence-corrected chi connectivity index (χ0v) is 17.8. The lowest BCUT2D eigenvalue weighted by Crippen LogP contribution is -1.96. The van der Waals surface area contributed by atoms with Gasteiger partial charge in [0.2, 0.25) is 0 Å². The summed E-state index contributed by atoms with van der Waals surface area (Å²) in [7, 11) is 0. The van der Waals surface area contributed by atoms with Gasteiger partial charge in [-0.25, -0.2) is 0 Å². The van der Waals surface area contributed by atoms with Crippen molar-refractivity contribution in [3.05, 3.63) is 114 Å². The van der Waals surface area contributed by atoms with Crippen LogP contribution in [0.4, 0.5) is 0 Å². The zero-order chi connectivity index (χ0) is 20.1.